The minimum atomic E-state index is 0.0186. The van der Waals surface area contributed by atoms with E-state index in [2.05, 4.69) is 10.2 Å². The van der Waals surface area contributed by atoms with Crippen molar-refractivity contribution >= 4 is 29.1 Å². The highest BCUT2D eigenvalue weighted by Crippen LogP contribution is 2.22. The van der Waals surface area contributed by atoms with Crippen molar-refractivity contribution in [2.45, 2.75) is 6.54 Å². The molecule has 106 valence electrons. The number of amides is 1. The molecule has 0 unspecified atom stereocenters. The lowest BCUT2D eigenvalue weighted by molar-refractivity contribution is -0.124. The van der Waals surface area contributed by atoms with Crippen molar-refractivity contribution in [3.8, 4) is 0 Å². The molecule has 0 saturated carbocycles. The lowest BCUT2D eigenvalue weighted by Gasteiger charge is -2.12. The van der Waals surface area contributed by atoms with Crippen LogP contribution in [0.4, 0.5) is 0 Å². The average molecular weight is 299 g/mol. The number of thioether (sulfide) groups is 1. The van der Waals surface area contributed by atoms with Crippen LogP contribution in [0.2, 0.25) is 0 Å². The van der Waals surface area contributed by atoms with Gasteiger partial charge < -0.3 is 4.42 Å². The van der Waals surface area contributed by atoms with Crippen LogP contribution in [0.25, 0.3) is 0 Å². The molecule has 1 aliphatic heterocycles. The van der Waals surface area contributed by atoms with Crippen molar-refractivity contribution in [1.82, 2.24) is 4.90 Å². The molecule has 0 N–H and O–H groups in total. The maximum absolute atomic E-state index is 11.9. The third kappa shape index (κ3) is 3.41. The van der Waals surface area contributed by atoms with Gasteiger partial charge >= 0.3 is 0 Å². The van der Waals surface area contributed by atoms with E-state index in [-0.39, 0.29) is 5.91 Å². The van der Waals surface area contributed by atoms with E-state index in [1.165, 1.54) is 11.8 Å². The van der Waals surface area contributed by atoms with Crippen LogP contribution in [0, 0.1) is 0 Å². The molecule has 5 nitrogen and oxygen atoms in total. The third-order valence-corrected chi connectivity index (χ3v) is 3.85. The van der Waals surface area contributed by atoms with E-state index < -0.39 is 0 Å². The van der Waals surface area contributed by atoms with Gasteiger partial charge in [-0.3, -0.25) is 9.69 Å². The van der Waals surface area contributed by atoms with Crippen LogP contribution in [0.3, 0.4) is 0 Å². The number of hydrogen-bond acceptors (Lipinski definition) is 5. The van der Waals surface area contributed by atoms with E-state index in [1.54, 1.807) is 23.4 Å². The molecule has 1 amide bonds. The fourth-order valence-corrected chi connectivity index (χ4v) is 2.71. The van der Waals surface area contributed by atoms with Gasteiger partial charge in [0, 0.05) is 0 Å². The van der Waals surface area contributed by atoms with Gasteiger partial charge in [-0.1, -0.05) is 42.1 Å². The molecule has 6 heteroatoms. The zero-order valence-corrected chi connectivity index (χ0v) is 12.0. The van der Waals surface area contributed by atoms with Gasteiger partial charge in [0.1, 0.15) is 5.76 Å². The summed E-state index contributed by atoms with van der Waals surface area (Å²) in [5.74, 6) is 1.14. The van der Waals surface area contributed by atoms with E-state index in [1.807, 2.05) is 36.4 Å². The van der Waals surface area contributed by atoms with Gasteiger partial charge in [-0.2, -0.15) is 5.10 Å². The lowest BCUT2D eigenvalue weighted by atomic mass is 10.2. The second-order valence-electron chi connectivity index (χ2n) is 4.39. The minimum absolute atomic E-state index is 0.0186. The van der Waals surface area contributed by atoms with Crippen molar-refractivity contribution in [3.05, 3.63) is 60.1 Å². The summed E-state index contributed by atoms with van der Waals surface area (Å²) in [6.45, 7) is 0.387. The van der Waals surface area contributed by atoms with Crippen LogP contribution >= 0.6 is 11.8 Å². The summed E-state index contributed by atoms with van der Waals surface area (Å²) in [5.41, 5.74) is 0.966. The van der Waals surface area contributed by atoms with E-state index in [4.69, 9.17) is 4.42 Å². The van der Waals surface area contributed by atoms with Crippen molar-refractivity contribution in [3.63, 3.8) is 0 Å². The molecule has 1 aromatic carbocycles. The zero-order chi connectivity index (χ0) is 14.5. The molecule has 0 atom stereocenters. The van der Waals surface area contributed by atoms with Gasteiger partial charge in [0.15, 0.2) is 5.17 Å². The molecular weight excluding hydrogens is 286 g/mol. The molecule has 0 aliphatic carbocycles. The quantitative estimate of drug-likeness (QED) is 0.644. The zero-order valence-electron chi connectivity index (χ0n) is 11.2. The predicted molar refractivity (Wildman–Crippen MR) is 83.2 cm³/mol. The molecule has 0 radical (unpaired) electrons. The number of carbonyl (C=O) groups excluding carboxylic acids is 1. The van der Waals surface area contributed by atoms with Crippen LogP contribution in [-0.2, 0) is 11.3 Å². The Morgan fingerprint density at radius 3 is 2.86 bits per heavy atom. The third-order valence-electron chi connectivity index (χ3n) is 2.90. The minimum Gasteiger partial charge on any atom is -0.467 e. The largest absolute Gasteiger partial charge is 0.467 e. The van der Waals surface area contributed by atoms with Crippen molar-refractivity contribution in [2.24, 2.45) is 10.2 Å². The molecular formula is C15H13N3O2S. The first-order valence-corrected chi connectivity index (χ1v) is 7.43. The maximum Gasteiger partial charge on any atom is 0.239 e. The Morgan fingerprint density at radius 1 is 1.24 bits per heavy atom. The smallest absolute Gasteiger partial charge is 0.239 e. The number of amidine groups is 1. The maximum atomic E-state index is 11.9. The van der Waals surface area contributed by atoms with Gasteiger partial charge in [-0.05, 0) is 17.7 Å². The molecule has 3 rings (SSSR count). The Hall–Kier alpha value is -2.34. The first-order chi connectivity index (χ1) is 10.3. The highest BCUT2D eigenvalue weighted by atomic mass is 32.2. The summed E-state index contributed by atoms with van der Waals surface area (Å²) < 4.78 is 5.27. The van der Waals surface area contributed by atoms with Crippen molar-refractivity contribution in [2.75, 3.05) is 5.75 Å². The molecule has 1 aliphatic rings. The number of rotatable bonds is 4. The van der Waals surface area contributed by atoms with Gasteiger partial charge in [0.05, 0.1) is 24.8 Å². The molecule has 1 fully saturated rings. The number of benzene rings is 1. The van der Waals surface area contributed by atoms with Gasteiger partial charge in [0.2, 0.25) is 5.91 Å². The molecule has 21 heavy (non-hydrogen) atoms. The van der Waals surface area contributed by atoms with E-state index >= 15 is 0 Å². The fourth-order valence-electron chi connectivity index (χ4n) is 1.87. The summed E-state index contributed by atoms with van der Waals surface area (Å²) in [4.78, 5) is 13.5. The SMILES string of the molecule is O=C1CS/C(=N/N=C/c2ccccc2)N1Cc1ccco1. The first kappa shape index (κ1) is 13.6. The van der Waals surface area contributed by atoms with Crippen LogP contribution in [0.15, 0.2) is 63.3 Å². The van der Waals surface area contributed by atoms with Gasteiger partial charge in [-0.15, -0.1) is 5.10 Å². The van der Waals surface area contributed by atoms with Crippen LogP contribution < -0.4 is 0 Å². The normalized spacial score (nSPS) is 17.2. The van der Waals surface area contributed by atoms with E-state index in [9.17, 15) is 4.79 Å². The van der Waals surface area contributed by atoms with Gasteiger partial charge in [0.25, 0.3) is 0 Å². The second kappa shape index (κ2) is 6.41. The summed E-state index contributed by atoms with van der Waals surface area (Å²) >= 11 is 1.39. The summed E-state index contributed by atoms with van der Waals surface area (Å²) in [5, 5.41) is 8.80. The van der Waals surface area contributed by atoms with Gasteiger partial charge in [-0.25, -0.2) is 0 Å². The summed E-state index contributed by atoms with van der Waals surface area (Å²) in [6, 6.07) is 13.3. The van der Waals surface area contributed by atoms with E-state index in [0.29, 0.717) is 17.5 Å². The Kier molecular flexibility index (Phi) is 4.16. The molecule has 2 aromatic rings. The summed E-state index contributed by atoms with van der Waals surface area (Å²) in [7, 11) is 0. The molecule has 1 saturated heterocycles. The Morgan fingerprint density at radius 2 is 2.10 bits per heavy atom. The molecule has 0 bridgehead atoms. The highest BCUT2D eigenvalue weighted by Gasteiger charge is 2.29. The monoisotopic (exact) mass is 299 g/mol. The number of nitrogens with zero attached hydrogens (tertiary/aromatic N) is 3. The van der Waals surface area contributed by atoms with Crippen LogP contribution in [-0.4, -0.2) is 27.9 Å². The molecule has 2 heterocycles. The Balaban J connectivity index is 1.72. The Labute approximate surface area is 126 Å². The first-order valence-electron chi connectivity index (χ1n) is 6.44. The molecule has 1 aromatic heterocycles. The number of hydrogen-bond donors (Lipinski definition) is 0. The van der Waals surface area contributed by atoms with Crippen molar-refractivity contribution < 1.29 is 9.21 Å². The molecule has 0 spiro atoms. The fraction of sp³-hybridized carbons (Fsp3) is 0.133. The topological polar surface area (TPSA) is 58.2 Å². The second-order valence-corrected chi connectivity index (χ2v) is 5.33. The van der Waals surface area contributed by atoms with Crippen LogP contribution in [0.5, 0.6) is 0 Å². The standard InChI is InChI=1S/C15H13N3O2S/c19-14-11-21-15(18(14)10-13-7-4-8-20-13)17-16-9-12-5-2-1-3-6-12/h1-9H,10-11H2/b16-9+,17-15+. The Bertz CT molecular complexity index is 665. The highest BCUT2D eigenvalue weighted by molar-refractivity contribution is 8.15. The predicted octanol–water partition coefficient (Wildman–Crippen LogP) is 2.75. The summed E-state index contributed by atoms with van der Waals surface area (Å²) in [6.07, 6.45) is 3.26. The number of carbonyl (C=O) groups is 1. The lowest BCUT2D eigenvalue weighted by Crippen LogP contribution is -2.28. The van der Waals surface area contributed by atoms with E-state index in [0.717, 1.165) is 11.3 Å². The number of furan rings is 1. The van der Waals surface area contributed by atoms with Crippen molar-refractivity contribution in [1.29, 1.82) is 0 Å². The van der Waals surface area contributed by atoms with Crippen LogP contribution in [0.1, 0.15) is 11.3 Å². The average Bonchev–Trinajstić information content (AvgIpc) is 3.13.